The molecule has 0 spiro atoms. The minimum Gasteiger partial charge on any atom is -0.493 e. The molecule has 0 saturated heterocycles. The van der Waals surface area contributed by atoms with Crippen LogP contribution < -0.4 is 10.1 Å². The van der Waals surface area contributed by atoms with Gasteiger partial charge in [0.2, 0.25) is 0 Å². The SMILES string of the molecule is C=CCCNCC1CCOc2ccccc21. The fourth-order valence-electron chi connectivity index (χ4n) is 2.11. The molecule has 16 heavy (non-hydrogen) atoms. The summed E-state index contributed by atoms with van der Waals surface area (Å²) in [6.45, 7) is 6.61. The molecule has 0 aliphatic carbocycles. The normalized spacial score (nSPS) is 18.6. The highest BCUT2D eigenvalue weighted by molar-refractivity contribution is 5.37. The lowest BCUT2D eigenvalue weighted by molar-refractivity contribution is 0.265. The van der Waals surface area contributed by atoms with Crippen LogP contribution in [0.3, 0.4) is 0 Å². The van der Waals surface area contributed by atoms with Crippen molar-refractivity contribution in [2.75, 3.05) is 19.7 Å². The molecule has 1 N–H and O–H groups in total. The average Bonchev–Trinajstić information content (AvgIpc) is 2.35. The molecule has 0 fully saturated rings. The predicted molar refractivity (Wildman–Crippen MR) is 67.0 cm³/mol. The highest BCUT2D eigenvalue weighted by Crippen LogP contribution is 2.32. The van der Waals surface area contributed by atoms with Crippen molar-refractivity contribution in [2.45, 2.75) is 18.8 Å². The highest BCUT2D eigenvalue weighted by Gasteiger charge is 2.19. The van der Waals surface area contributed by atoms with Crippen molar-refractivity contribution < 1.29 is 4.74 Å². The van der Waals surface area contributed by atoms with Crippen LogP contribution in [0.1, 0.15) is 24.3 Å². The number of hydrogen-bond acceptors (Lipinski definition) is 2. The number of fused-ring (bicyclic) bond motifs is 1. The summed E-state index contributed by atoms with van der Waals surface area (Å²) in [5, 5.41) is 3.47. The molecule has 2 rings (SSSR count). The second-order valence-electron chi connectivity index (χ2n) is 4.15. The summed E-state index contributed by atoms with van der Waals surface area (Å²) in [7, 11) is 0. The molecule has 1 aliphatic heterocycles. The minimum absolute atomic E-state index is 0.592. The van der Waals surface area contributed by atoms with Gasteiger partial charge >= 0.3 is 0 Å². The van der Waals surface area contributed by atoms with E-state index in [0.717, 1.165) is 38.3 Å². The Balaban J connectivity index is 1.93. The molecule has 1 unspecified atom stereocenters. The topological polar surface area (TPSA) is 21.3 Å². The first-order valence-electron chi connectivity index (χ1n) is 5.95. The minimum atomic E-state index is 0.592. The third kappa shape index (κ3) is 2.64. The monoisotopic (exact) mass is 217 g/mol. The lowest BCUT2D eigenvalue weighted by Gasteiger charge is -2.26. The van der Waals surface area contributed by atoms with Crippen molar-refractivity contribution in [1.82, 2.24) is 5.32 Å². The van der Waals surface area contributed by atoms with Crippen molar-refractivity contribution in [2.24, 2.45) is 0 Å². The van der Waals surface area contributed by atoms with Crippen LogP contribution in [0.2, 0.25) is 0 Å². The van der Waals surface area contributed by atoms with E-state index < -0.39 is 0 Å². The lowest BCUT2D eigenvalue weighted by Crippen LogP contribution is -2.26. The lowest BCUT2D eigenvalue weighted by atomic mass is 9.93. The molecule has 1 aliphatic rings. The van der Waals surface area contributed by atoms with E-state index in [4.69, 9.17) is 4.74 Å². The van der Waals surface area contributed by atoms with E-state index in [-0.39, 0.29) is 0 Å². The van der Waals surface area contributed by atoms with Gasteiger partial charge in [-0.15, -0.1) is 6.58 Å². The van der Waals surface area contributed by atoms with E-state index in [1.165, 1.54) is 5.56 Å². The third-order valence-electron chi connectivity index (χ3n) is 3.00. The standard InChI is InChI=1S/C14H19NO/c1-2-3-9-15-11-12-8-10-16-14-7-5-4-6-13(12)14/h2,4-7,12,15H,1,3,8-11H2. The molecule has 2 heteroatoms. The largest absolute Gasteiger partial charge is 0.493 e. The summed E-state index contributed by atoms with van der Waals surface area (Å²) in [6.07, 6.45) is 4.09. The highest BCUT2D eigenvalue weighted by atomic mass is 16.5. The van der Waals surface area contributed by atoms with Crippen LogP contribution >= 0.6 is 0 Å². The van der Waals surface area contributed by atoms with Gasteiger partial charge in [-0.3, -0.25) is 0 Å². The Kier molecular flexibility index (Phi) is 4.00. The van der Waals surface area contributed by atoms with Crippen molar-refractivity contribution >= 4 is 0 Å². The summed E-state index contributed by atoms with van der Waals surface area (Å²) < 4.78 is 5.64. The van der Waals surface area contributed by atoms with Crippen LogP contribution in [0.25, 0.3) is 0 Å². The zero-order valence-electron chi connectivity index (χ0n) is 9.61. The molecule has 0 amide bonds. The zero-order valence-corrected chi connectivity index (χ0v) is 9.61. The van der Waals surface area contributed by atoms with E-state index in [0.29, 0.717) is 5.92 Å². The fourth-order valence-corrected chi connectivity index (χ4v) is 2.11. The van der Waals surface area contributed by atoms with E-state index in [9.17, 15) is 0 Å². The van der Waals surface area contributed by atoms with Gasteiger partial charge in [0.25, 0.3) is 0 Å². The smallest absolute Gasteiger partial charge is 0.122 e. The van der Waals surface area contributed by atoms with Gasteiger partial charge in [-0.05, 0) is 31.0 Å². The molecule has 1 aromatic rings. The maximum absolute atomic E-state index is 5.64. The number of ether oxygens (including phenoxy) is 1. The molecule has 0 radical (unpaired) electrons. The maximum Gasteiger partial charge on any atom is 0.122 e. The zero-order chi connectivity index (χ0) is 11.2. The van der Waals surface area contributed by atoms with Crippen molar-refractivity contribution in [1.29, 1.82) is 0 Å². The number of hydrogen-bond donors (Lipinski definition) is 1. The van der Waals surface area contributed by atoms with E-state index in [2.05, 4.69) is 30.1 Å². The molecule has 1 heterocycles. The van der Waals surface area contributed by atoms with Gasteiger partial charge in [0, 0.05) is 12.5 Å². The third-order valence-corrected chi connectivity index (χ3v) is 3.00. The second kappa shape index (κ2) is 5.71. The first kappa shape index (κ1) is 11.2. The van der Waals surface area contributed by atoms with E-state index in [1.807, 2.05) is 12.1 Å². The first-order valence-corrected chi connectivity index (χ1v) is 5.95. The number of para-hydroxylation sites is 1. The Hall–Kier alpha value is -1.28. The maximum atomic E-state index is 5.64. The van der Waals surface area contributed by atoms with Gasteiger partial charge in [-0.2, -0.15) is 0 Å². The molecule has 0 aromatic heterocycles. The average molecular weight is 217 g/mol. The van der Waals surface area contributed by atoms with Gasteiger partial charge in [0.05, 0.1) is 6.61 Å². The van der Waals surface area contributed by atoms with Crippen LogP contribution in [0.4, 0.5) is 0 Å². The van der Waals surface area contributed by atoms with Crippen molar-refractivity contribution in [3.05, 3.63) is 42.5 Å². The predicted octanol–water partition coefficient (Wildman–Crippen LogP) is 2.72. The van der Waals surface area contributed by atoms with Crippen LogP contribution in [0.15, 0.2) is 36.9 Å². The van der Waals surface area contributed by atoms with Gasteiger partial charge in [-0.25, -0.2) is 0 Å². The van der Waals surface area contributed by atoms with Crippen LogP contribution in [-0.4, -0.2) is 19.7 Å². The summed E-state index contributed by atoms with van der Waals surface area (Å²) in [5.41, 5.74) is 1.35. The fraction of sp³-hybridized carbons (Fsp3) is 0.429. The Bertz CT molecular complexity index is 348. The van der Waals surface area contributed by atoms with E-state index >= 15 is 0 Å². The summed E-state index contributed by atoms with van der Waals surface area (Å²) in [4.78, 5) is 0. The molecule has 0 saturated carbocycles. The number of benzene rings is 1. The first-order chi connectivity index (χ1) is 7.92. The van der Waals surface area contributed by atoms with Gasteiger partial charge in [0.1, 0.15) is 5.75 Å². The number of rotatable bonds is 5. The van der Waals surface area contributed by atoms with Crippen molar-refractivity contribution in [3.63, 3.8) is 0 Å². The van der Waals surface area contributed by atoms with Crippen LogP contribution in [0, 0.1) is 0 Å². The summed E-state index contributed by atoms with van der Waals surface area (Å²) >= 11 is 0. The van der Waals surface area contributed by atoms with Gasteiger partial charge in [-0.1, -0.05) is 24.3 Å². The molecular formula is C14H19NO. The van der Waals surface area contributed by atoms with Gasteiger partial charge < -0.3 is 10.1 Å². The summed E-state index contributed by atoms with van der Waals surface area (Å²) in [6, 6.07) is 8.36. The molecule has 1 atom stereocenters. The molecule has 86 valence electrons. The van der Waals surface area contributed by atoms with Crippen LogP contribution in [0.5, 0.6) is 5.75 Å². The Morgan fingerprint density at radius 2 is 2.31 bits per heavy atom. The Morgan fingerprint density at radius 3 is 3.19 bits per heavy atom. The molecule has 1 aromatic carbocycles. The van der Waals surface area contributed by atoms with Crippen molar-refractivity contribution in [3.8, 4) is 5.75 Å². The number of nitrogens with one attached hydrogen (secondary N) is 1. The summed E-state index contributed by atoms with van der Waals surface area (Å²) in [5.74, 6) is 1.65. The molecule has 0 bridgehead atoms. The Labute approximate surface area is 97.3 Å². The van der Waals surface area contributed by atoms with E-state index in [1.54, 1.807) is 0 Å². The quantitative estimate of drug-likeness (QED) is 0.605. The van der Waals surface area contributed by atoms with Crippen LogP contribution in [-0.2, 0) is 0 Å². The second-order valence-corrected chi connectivity index (χ2v) is 4.15. The Morgan fingerprint density at radius 1 is 1.44 bits per heavy atom. The molecular weight excluding hydrogens is 198 g/mol. The molecule has 2 nitrogen and oxygen atoms in total. The van der Waals surface area contributed by atoms with Gasteiger partial charge in [0.15, 0.2) is 0 Å².